The molecule has 1 aromatic carbocycles. The maximum absolute atomic E-state index is 11.6. The van der Waals surface area contributed by atoms with Crippen LogP contribution in [0, 0.1) is 0 Å². The molecule has 0 saturated heterocycles. The zero-order chi connectivity index (χ0) is 11.8. The summed E-state index contributed by atoms with van der Waals surface area (Å²) >= 11 is 0. The van der Waals surface area contributed by atoms with E-state index < -0.39 is 0 Å². The van der Waals surface area contributed by atoms with Crippen molar-refractivity contribution in [2.75, 3.05) is 0 Å². The average molecular weight is 227 g/mol. The summed E-state index contributed by atoms with van der Waals surface area (Å²) in [6.07, 6.45) is 6.04. The number of nitrogens with one attached hydrogen (secondary N) is 1. The molecule has 0 unspecified atom stereocenters. The molecule has 1 N–H and O–H groups in total. The standard InChI is InChI=1S/C14H13NO2/c16-13-8-12(14(17)15-13)11-6-5-9-3-1-2-4-10(9)7-11/h5-8H,1-4H2,(H,15,16,17). The van der Waals surface area contributed by atoms with Crippen molar-refractivity contribution in [1.82, 2.24) is 5.32 Å². The first-order valence-electron chi connectivity index (χ1n) is 5.93. The third-order valence-electron chi connectivity index (χ3n) is 3.42. The van der Waals surface area contributed by atoms with E-state index >= 15 is 0 Å². The highest BCUT2D eigenvalue weighted by molar-refractivity contribution is 6.33. The second kappa shape index (κ2) is 3.84. The number of imide groups is 1. The minimum atomic E-state index is -0.317. The van der Waals surface area contributed by atoms with E-state index in [9.17, 15) is 9.59 Å². The summed E-state index contributed by atoms with van der Waals surface area (Å²) in [4.78, 5) is 22.7. The van der Waals surface area contributed by atoms with E-state index in [0.717, 1.165) is 18.4 Å². The molecule has 0 spiro atoms. The maximum atomic E-state index is 11.6. The lowest BCUT2D eigenvalue weighted by molar-refractivity contribution is -0.123. The maximum Gasteiger partial charge on any atom is 0.258 e. The van der Waals surface area contributed by atoms with Crippen molar-refractivity contribution in [3.05, 3.63) is 41.0 Å². The molecule has 1 aromatic rings. The number of hydrogen-bond acceptors (Lipinski definition) is 2. The number of benzene rings is 1. The summed E-state index contributed by atoms with van der Waals surface area (Å²) in [7, 11) is 0. The van der Waals surface area contributed by atoms with Gasteiger partial charge in [-0.05, 0) is 42.4 Å². The van der Waals surface area contributed by atoms with Gasteiger partial charge in [0, 0.05) is 6.08 Å². The number of amides is 2. The molecular weight excluding hydrogens is 214 g/mol. The van der Waals surface area contributed by atoms with Crippen LogP contribution in [0.3, 0.4) is 0 Å². The Balaban J connectivity index is 2.02. The van der Waals surface area contributed by atoms with Crippen molar-refractivity contribution >= 4 is 17.4 Å². The first kappa shape index (κ1) is 10.3. The number of fused-ring (bicyclic) bond motifs is 1. The third-order valence-corrected chi connectivity index (χ3v) is 3.42. The molecule has 0 atom stereocenters. The van der Waals surface area contributed by atoms with E-state index in [2.05, 4.69) is 17.4 Å². The lowest BCUT2D eigenvalue weighted by Gasteiger charge is -2.16. The van der Waals surface area contributed by atoms with E-state index in [4.69, 9.17) is 0 Å². The van der Waals surface area contributed by atoms with Crippen molar-refractivity contribution in [2.45, 2.75) is 25.7 Å². The number of hydrogen-bond donors (Lipinski definition) is 1. The zero-order valence-corrected chi connectivity index (χ0v) is 9.45. The van der Waals surface area contributed by atoms with Gasteiger partial charge in [0.25, 0.3) is 11.8 Å². The summed E-state index contributed by atoms with van der Waals surface area (Å²) in [5.74, 6) is -0.603. The zero-order valence-electron chi connectivity index (χ0n) is 9.45. The van der Waals surface area contributed by atoms with Crippen molar-refractivity contribution in [2.24, 2.45) is 0 Å². The first-order chi connectivity index (χ1) is 8.24. The topological polar surface area (TPSA) is 46.2 Å². The highest BCUT2D eigenvalue weighted by Gasteiger charge is 2.22. The Labute approximate surface area is 99.5 Å². The van der Waals surface area contributed by atoms with Gasteiger partial charge in [-0.25, -0.2) is 0 Å². The molecular formula is C14H13NO2. The van der Waals surface area contributed by atoms with Crippen LogP contribution in [-0.4, -0.2) is 11.8 Å². The fraction of sp³-hybridized carbons (Fsp3) is 0.286. The van der Waals surface area contributed by atoms with E-state index in [1.54, 1.807) is 0 Å². The summed E-state index contributed by atoms with van der Waals surface area (Å²) in [6, 6.07) is 6.08. The Bertz CT molecular complexity index is 543. The van der Waals surface area contributed by atoms with Crippen LogP contribution in [0.1, 0.15) is 29.5 Å². The van der Waals surface area contributed by atoms with Crippen molar-refractivity contribution in [3.63, 3.8) is 0 Å². The van der Waals surface area contributed by atoms with Crippen molar-refractivity contribution in [1.29, 1.82) is 0 Å². The Hall–Kier alpha value is -1.90. The molecule has 1 aliphatic carbocycles. The molecule has 1 aliphatic heterocycles. The summed E-state index contributed by atoms with van der Waals surface area (Å²) < 4.78 is 0. The summed E-state index contributed by atoms with van der Waals surface area (Å²) in [5, 5.41) is 2.27. The van der Waals surface area contributed by atoms with Crippen molar-refractivity contribution < 1.29 is 9.59 Å². The van der Waals surface area contributed by atoms with Gasteiger partial charge in [0.05, 0.1) is 5.57 Å². The van der Waals surface area contributed by atoms with Gasteiger partial charge in [-0.2, -0.15) is 0 Å². The molecule has 0 fully saturated rings. The normalized spacial score (nSPS) is 18.7. The second-order valence-electron chi connectivity index (χ2n) is 4.57. The number of aryl methyl sites for hydroxylation is 2. The molecule has 17 heavy (non-hydrogen) atoms. The van der Waals surface area contributed by atoms with Crippen LogP contribution < -0.4 is 5.32 Å². The molecule has 0 aromatic heterocycles. The molecule has 0 bridgehead atoms. The van der Waals surface area contributed by atoms with E-state index in [-0.39, 0.29) is 11.8 Å². The smallest absolute Gasteiger partial charge is 0.258 e. The SMILES string of the molecule is O=C1C=C(c2ccc3c(c2)CCCC3)C(=O)N1. The molecule has 0 saturated carbocycles. The molecule has 3 heteroatoms. The fourth-order valence-electron chi connectivity index (χ4n) is 2.53. The minimum Gasteiger partial charge on any atom is -0.289 e. The van der Waals surface area contributed by atoms with Crippen LogP contribution in [0.25, 0.3) is 5.57 Å². The predicted molar refractivity (Wildman–Crippen MR) is 64.2 cm³/mol. The monoisotopic (exact) mass is 227 g/mol. The molecule has 2 aliphatic rings. The third kappa shape index (κ3) is 1.78. The molecule has 1 heterocycles. The number of carbonyl (C=O) groups excluding carboxylic acids is 2. The summed E-state index contributed by atoms with van der Waals surface area (Å²) in [6.45, 7) is 0. The molecule has 3 rings (SSSR count). The van der Waals surface area contributed by atoms with Gasteiger partial charge >= 0.3 is 0 Å². The molecule has 0 radical (unpaired) electrons. The minimum absolute atomic E-state index is 0.286. The van der Waals surface area contributed by atoms with Gasteiger partial charge in [0.2, 0.25) is 0 Å². The number of rotatable bonds is 1. The van der Waals surface area contributed by atoms with Crippen LogP contribution in [0.2, 0.25) is 0 Å². The van der Waals surface area contributed by atoms with Gasteiger partial charge in [-0.15, -0.1) is 0 Å². The highest BCUT2D eigenvalue weighted by Crippen LogP contribution is 2.26. The Morgan fingerprint density at radius 3 is 2.47 bits per heavy atom. The molecule has 86 valence electrons. The van der Waals surface area contributed by atoms with Crippen LogP contribution >= 0.6 is 0 Å². The van der Waals surface area contributed by atoms with Gasteiger partial charge < -0.3 is 0 Å². The quantitative estimate of drug-likeness (QED) is 0.741. The van der Waals surface area contributed by atoms with Crippen LogP contribution in [0.4, 0.5) is 0 Å². The predicted octanol–water partition coefficient (Wildman–Crippen LogP) is 1.61. The Morgan fingerprint density at radius 2 is 1.76 bits per heavy atom. The second-order valence-corrected chi connectivity index (χ2v) is 4.57. The van der Waals surface area contributed by atoms with E-state index in [1.165, 1.54) is 30.0 Å². The van der Waals surface area contributed by atoms with Crippen LogP contribution in [0.15, 0.2) is 24.3 Å². The lowest BCUT2D eigenvalue weighted by Crippen LogP contribution is -2.21. The average Bonchev–Trinajstić information content (AvgIpc) is 2.68. The lowest BCUT2D eigenvalue weighted by atomic mass is 9.89. The van der Waals surface area contributed by atoms with Gasteiger partial charge in [0.1, 0.15) is 0 Å². The van der Waals surface area contributed by atoms with Gasteiger partial charge in [-0.1, -0.05) is 18.2 Å². The molecule has 2 amide bonds. The summed E-state index contributed by atoms with van der Waals surface area (Å²) in [5.41, 5.74) is 4.05. The Morgan fingerprint density at radius 1 is 1.00 bits per heavy atom. The van der Waals surface area contributed by atoms with Crippen molar-refractivity contribution in [3.8, 4) is 0 Å². The highest BCUT2D eigenvalue weighted by atomic mass is 16.2. The first-order valence-corrected chi connectivity index (χ1v) is 5.93. The fourth-order valence-corrected chi connectivity index (χ4v) is 2.53. The number of carbonyl (C=O) groups is 2. The van der Waals surface area contributed by atoms with E-state index in [0.29, 0.717) is 5.57 Å². The van der Waals surface area contributed by atoms with Crippen LogP contribution in [-0.2, 0) is 22.4 Å². The van der Waals surface area contributed by atoms with Gasteiger partial charge in [-0.3, -0.25) is 14.9 Å². The largest absolute Gasteiger partial charge is 0.289 e. The Kier molecular flexibility index (Phi) is 2.32. The van der Waals surface area contributed by atoms with E-state index in [1.807, 2.05) is 6.07 Å². The van der Waals surface area contributed by atoms with Crippen LogP contribution in [0.5, 0.6) is 0 Å². The van der Waals surface area contributed by atoms with Gasteiger partial charge in [0.15, 0.2) is 0 Å². The molecule has 3 nitrogen and oxygen atoms in total.